The molecule has 2 aromatic rings. The van der Waals surface area contributed by atoms with Crippen LogP contribution in [0.2, 0.25) is 10.0 Å². The second-order valence-corrected chi connectivity index (χ2v) is 15.3. The number of benzene rings is 2. The Balaban J connectivity index is 1.32. The highest BCUT2D eigenvalue weighted by Gasteiger charge is 2.68. The Labute approximate surface area is 245 Å². The molecule has 0 aromatic heterocycles. The Morgan fingerprint density at radius 3 is 2.42 bits per heavy atom. The number of halogens is 2. The van der Waals surface area contributed by atoms with Crippen molar-refractivity contribution in [3.63, 3.8) is 0 Å². The van der Waals surface area contributed by atoms with Gasteiger partial charge in [0, 0.05) is 28.0 Å². The Morgan fingerprint density at radius 2 is 1.82 bits per heavy atom. The van der Waals surface area contributed by atoms with E-state index in [1.807, 2.05) is 42.5 Å². The van der Waals surface area contributed by atoms with Crippen molar-refractivity contribution < 1.29 is 23.1 Å². The largest absolute Gasteiger partial charge is 0.481 e. The lowest BCUT2D eigenvalue weighted by Crippen LogP contribution is -2.58. The lowest BCUT2D eigenvalue weighted by Gasteiger charge is -2.46. The Bertz CT molecular complexity index is 1440. The van der Waals surface area contributed by atoms with Crippen LogP contribution in [0.3, 0.4) is 0 Å². The molecule has 6 atom stereocenters. The number of piperidine rings is 1. The molecular weight excluding hydrogens is 571 g/mol. The molecule has 3 saturated carbocycles. The zero-order chi connectivity index (χ0) is 28.4. The Hall–Kier alpha value is -2.13. The second-order valence-electron chi connectivity index (χ2n) is 12.4. The van der Waals surface area contributed by atoms with Crippen molar-refractivity contribution in [2.45, 2.75) is 81.0 Å². The van der Waals surface area contributed by atoms with Gasteiger partial charge in [-0.1, -0.05) is 47.5 Å². The number of carboxylic acids is 1. The number of carbonyl (C=O) groups is 2. The minimum Gasteiger partial charge on any atom is -0.481 e. The van der Waals surface area contributed by atoms with Crippen molar-refractivity contribution in [3.8, 4) is 0 Å². The van der Waals surface area contributed by atoms with E-state index in [-0.39, 0.29) is 41.0 Å². The minimum atomic E-state index is -3.32. The van der Waals surface area contributed by atoms with Crippen LogP contribution in [-0.4, -0.2) is 42.7 Å². The third kappa shape index (κ3) is 5.06. The number of carbonyl (C=O) groups excluding carboxylic acids is 1. The maximum absolute atomic E-state index is 13.7. The molecule has 4 aliphatic rings. The number of carboxylic acid groups (broad SMARTS) is 1. The summed E-state index contributed by atoms with van der Waals surface area (Å²) in [5.74, 6) is -1.26. The molecule has 4 fully saturated rings. The average molecular weight is 606 g/mol. The predicted molar refractivity (Wildman–Crippen MR) is 154 cm³/mol. The van der Waals surface area contributed by atoms with E-state index < -0.39 is 26.8 Å². The molecule has 0 radical (unpaired) electrons. The van der Waals surface area contributed by atoms with Crippen LogP contribution in [0.1, 0.15) is 74.8 Å². The van der Waals surface area contributed by atoms with Crippen molar-refractivity contribution in [2.75, 3.05) is 0 Å². The summed E-state index contributed by atoms with van der Waals surface area (Å²) in [7, 11) is -3.32. The van der Waals surface area contributed by atoms with Gasteiger partial charge in [0.1, 0.15) is 0 Å². The van der Waals surface area contributed by atoms with Crippen LogP contribution in [0.4, 0.5) is 0 Å². The molecule has 7 nitrogen and oxygen atoms in total. The van der Waals surface area contributed by atoms with Crippen LogP contribution in [0.5, 0.6) is 0 Å². The molecule has 3 aliphatic carbocycles. The van der Waals surface area contributed by atoms with Crippen molar-refractivity contribution in [2.24, 2.45) is 16.7 Å². The first-order chi connectivity index (χ1) is 18.9. The van der Waals surface area contributed by atoms with Gasteiger partial charge < -0.3 is 10.4 Å². The fourth-order valence-corrected chi connectivity index (χ4v) is 8.94. The third-order valence-corrected chi connectivity index (χ3v) is 12.3. The van der Waals surface area contributed by atoms with Gasteiger partial charge in [0.2, 0.25) is 15.9 Å². The quantitative estimate of drug-likeness (QED) is 0.332. The van der Waals surface area contributed by atoms with E-state index in [2.05, 4.69) is 10.0 Å². The summed E-state index contributed by atoms with van der Waals surface area (Å²) in [6.07, 6.45) is 4.08. The van der Waals surface area contributed by atoms with E-state index in [1.165, 1.54) is 0 Å². The molecule has 1 saturated heterocycles. The van der Waals surface area contributed by atoms with Crippen LogP contribution in [0, 0.1) is 16.7 Å². The Morgan fingerprint density at radius 1 is 1.12 bits per heavy atom. The van der Waals surface area contributed by atoms with E-state index in [4.69, 9.17) is 23.2 Å². The first-order valence-corrected chi connectivity index (χ1v) is 16.3. The molecule has 40 heavy (non-hydrogen) atoms. The smallest absolute Gasteiger partial charge is 0.310 e. The van der Waals surface area contributed by atoms with E-state index >= 15 is 0 Å². The van der Waals surface area contributed by atoms with Gasteiger partial charge in [0.15, 0.2) is 0 Å². The van der Waals surface area contributed by atoms with Gasteiger partial charge in [-0.2, -0.15) is 0 Å². The highest BCUT2D eigenvalue weighted by molar-refractivity contribution is 7.90. The normalized spacial score (nSPS) is 31.7. The topological polar surface area (TPSA) is 113 Å². The fourth-order valence-electron chi connectivity index (χ4n) is 6.97. The first kappa shape index (κ1) is 28.0. The SMILES string of the molecule is C[C@@]1(C2(C(=O)O)CC2)C[C@H](c2cccc(Cl)c2)[C@H](C[C@H](c2ccc(Cl)cc2)C2CC2NS(=O)(=O)C2CC2)NC1=O. The van der Waals surface area contributed by atoms with Crippen LogP contribution >= 0.6 is 23.2 Å². The van der Waals surface area contributed by atoms with Gasteiger partial charge in [-0.15, -0.1) is 0 Å². The summed E-state index contributed by atoms with van der Waals surface area (Å²) in [4.78, 5) is 26.1. The number of aliphatic carboxylic acids is 1. The van der Waals surface area contributed by atoms with Gasteiger partial charge >= 0.3 is 5.97 Å². The molecule has 1 amide bonds. The van der Waals surface area contributed by atoms with E-state index in [0.29, 0.717) is 48.6 Å². The summed E-state index contributed by atoms with van der Waals surface area (Å²) in [6, 6.07) is 14.8. The molecule has 1 heterocycles. The van der Waals surface area contributed by atoms with E-state index in [0.717, 1.165) is 17.5 Å². The summed E-state index contributed by atoms with van der Waals surface area (Å²) in [6.45, 7) is 1.79. The monoisotopic (exact) mass is 604 g/mol. The fraction of sp³-hybridized carbons (Fsp3) is 0.533. The first-order valence-electron chi connectivity index (χ1n) is 14.0. The lowest BCUT2D eigenvalue weighted by molar-refractivity contribution is -0.158. The number of amides is 1. The number of rotatable bonds is 10. The second kappa shape index (κ2) is 10.0. The van der Waals surface area contributed by atoms with Crippen molar-refractivity contribution >= 4 is 45.1 Å². The zero-order valence-corrected chi connectivity index (χ0v) is 24.6. The van der Waals surface area contributed by atoms with Crippen LogP contribution in [0.25, 0.3) is 0 Å². The highest BCUT2D eigenvalue weighted by Crippen LogP contribution is 2.63. The lowest BCUT2D eigenvalue weighted by atomic mass is 9.62. The van der Waals surface area contributed by atoms with Gasteiger partial charge in [-0.3, -0.25) is 9.59 Å². The summed E-state index contributed by atoms with van der Waals surface area (Å²) in [5, 5.41) is 14.3. The summed E-state index contributed by atoms with van der Waals surface area (Å²) < 4.78 is 28.3. The summed E-state index contributed by atoms with van der Waals surface area (Å²) >= 11 is 12.6. The van der Waals surface area contributed by atoms with Gasteiger partial charge in [-0.05, 0) is 99.1 Å². The van der Waals surface area contributed by atoms with Crippen LogP contribution in [-0.2, 0) is 19.6 Å². The standard InChI is InChI=1S/C30H34Cl2N2O5S/c1-29(30(11-12-30)28(36)37)16-24(18-3-2-4-20(32)13-18)25(33-27(29)35)14-22(17-5-7-19(31)8-6-17)23-15-26(23)34-40(38,39)21-9-10-21/h2-8,13,21-26,34H,9-12,14-16H2,1H3,(H,33,35)(H,36,37)/t22-,23?,24-,25+,26?,29-/m1/s1. The van der Waals surface area contributed by atoms with E-state index in [9.17, 15) is 23.1 Å². The molecular formula is C30H34Cl2N2O5S. The van der Waals surface area contributed by atoms with Crippen molar-refractivity contribution in [3.05, 3.63) is 69.7 Å². The number of hydrogen-bond acceptors (Lipinski definition) is 4. The highest BCUT2D eigenvalue weighted by atomic mass is 35.5. The molecule has 3 N–H and O–H groups in total. The maximum atomic E-state index is 13.7. The van der Waals surface area contributed by atoms with Crippen molar-refractivity contribution in [1.82, 2.24) is 10.0 Å². The van der Waals surface area contributed by atoms with Gasteiger partial charge in [0.25, 0.3) is 0 Å². The molecule has 6 rings (SSSR count). The number of hydrogen-bond donors (Lipinski definition) is 3. The molecule has 0 bridgehead atoms. The average Bonchev–Trinajstić information content (AvgIpc) is 3.75. The van der Waals surface area contributed by atoms with Gasteiger partial charge in [-0.25, -0.2) is 13.1 Å². The van der Waals surface area contributed by atoms with Crippen LogP contribution < -0.4 is 10.0 Å². The van der Waals surface area contributed by atoms with Crippen molar-refractivity contribution in [1.29, 1.82) is 0 Å². The number of sulfonamides is 1. The van der Waals surface area contributed by atoms with Gasteiger partial charge in [0.05, 0.1) is 16.1 Å². The number of nitrogens with one attached hydrogen (secondary N) is 2. The molecule has 214 valence electrons. The molecule has 1 aliphatic heterocycles. The molecule has 0 spiro atoms. The maximum Gasteiger partial charge on any atom is 0.310 e. The minimum absolute atomic E-state index is 0.0325. The molecule has 10 heteroatoms. The molecule has 2 aromatic carbocycles. The van der Waals surface area contributed by atoms with Crippen LogP contribution in [0.15, 0.2) is 48.5 Å². The van der Waals surface area contributed by atoms with E-state index in [1.54, 1.807) is 13.0 Å². The predicted octanol–water partition coefficient (Wildman–Crippen LogP) is 5.48. The third-order valence-electron chi connectivity index (χ3n) is 9.87. The zero-order valence-electron chi connectivity index (χ0n) is 22.3. The Kier molecular flexibility index (Phi) is 7.00. The summed E-state index contributed by atoms with van der Waals surface area (Å²) in [5.41, 5.74) is -0.113. The molecule has 2 unspecified atom stereocenters.